The van der Waals surface area contributed by atoms with Crippen molar-refractivity contribution < 1.29 is 0 Å². The SMILES string of the molecule is CCC(CC)N(CC(C)C)c1n[nH]c(=S)n1C(C)C. The molecule has 0 aliphatic heterocycles. The van der Waals surface area contributed by atoms with Gasteiger partial charge in [-0.25, -0.2) is 5.10 Å². The molecule has 0 atom stereocenters. The van der Waals surface area contributed by atoms with E-state index in [9.17, 15) is 0 Å². The summed E-state index contributed by atoms with van der Waals surface area (Å²) in [4.78, 5) is 2.41. The number of nitrogens with zero attached hydrogens (tertiary/aromatic N) is 3. The number of hydrogen-bond acceptors (Lipinski definition) is 3. The standard InChI is InChI=1S/C14H28N4S/c1-7-12(8-2)17(9-10(3)4)13-15-16-14(19)18(13)11(5)6/h10-12H,7-9H2,1-6H3,(H,16,19). The Balaban J connectivity index is 3.20. The van der Waals surface area contributed by atoms with E-state index in [1.165, 1.54) is 0 Å². The van der Waals surface area contributed by atoms with Crippen LogP contribution < -0.4 is 4.90 Å². The van der Waals surface area contributed by atoms with Crippen LogP contribution in [-0.2, 0) is 0 Å². The summed E-state index contributed by atoms with van der Waals surface area (Å²) < 4.78 is 2.83. The smallest absolute Gasteiger partial charge is 0.226 e. The summed E-state index contributed by atoms with van der Waals surface area (Å²) in [5.74, 6) is 1.59. The molecule has 1 rings (SSSR count). The molecule has 0 amide bonds. The van der Waals surface area contributed by atoms with Crippen molar-refractivity contribution in [3.63, 3.8) is 0 Å². The van der Waals surface area contributed by atoms with E-state index in [2.05, 4.69) is 61.2 Å². The highest BCUT2D eigenvalue weighted by Crippen LogP contribution is 2.23. The molecule has 0 aliphatic carbocycles. The maximum atomic E-state index is 5.36. The Morgan fingerprint density at radius 3 is 2.21 bits per heavy atom. The Hall–Kier alpha value is -0.840. The van der Waals surface area contributed by atoms with E-state index in [0.717, 1.165) is 25.3 Å². The van der Waals surface area contributed by atoms with Crippen molar-refractivity contribution in [2.45, 2.75) is 66.5 Å². The maximum Gasteiger partial charge on any atom is 0.226 e. The van der Waals surface area contributed by atoms with Crippen LogP contribution in [0.5, 0.6) is 0 Å². The second-order valence-electron chi connectivity index (χ2n) is 5.81. The number of hydrogen-bond donors (Lipinski definition) is 1. The van der Waals surface area contributed by atoms with Gasteiger partial charge in [0, 0.05) is 18.6 Å². The van der Waals surface area contributed by atoms with Gasteiger partial charge in [-0.1, -0.05) is 27.7 Å². The topological polar surface area (TPSA) is 36.9 Å². The predicted molar refractivity (Wildman–Crippen MR) is 84.4 cm³/mol. The first-order valence-corrected chi connectivity index (χ1v) is 7.76. The number of aromatic nitrogens is 3. The molecule has 1 N–H and O–H groups in total. The highest BCUT2D eigenvalue weighted by Gasteiger charge is 2.23. The Morgan fingerprint density at radius 2 is 1.79 bits per heavy atom. The molecule has 0 aromatic carbocycles. The summed E-state index contributed by atoms with van der Waals surface area (Å²) in [5.41, 5.74) is 0. The number of H-pyrrole nitrogens is 1. The lowest BCUT2D eigenvalue weighted by Crippen LogP contribution is -2.39. The molecule has 110 valence electrons. The third-order valence-electron chi connectivity index (χ3n) is 3.40. The highest BCUT2D eigenvalue weighted by atomic mass is 32.1. The molecule has 0 aliphatic rings. The van der Waals surface area contributed by atoms with E-state index in [4.69, 9.17) is 12.2 Å². The lowest BCUT2D eigenvalue weighted by atomic mass is 10.1. The van der Waals surface area contributed by atoms with Crippen molar-refractivity contribution in [3.8, 4) is 0 Å². The molecule has 1 aromatic heterocycles. The zero-order chi connectivity index (χ0) is 14.6. The van der Waals surface area contributed by atoms with Crippen molar-refractivity contribution in [2.75, 3.05) is 11.4 Å². The Morgan fingerprint density at radius 1 is 1.21 bits per heavy atom. The second-order valence-corrected chi connectivity index (χ2v) is 6.20. The normalized spacial score (nSPS) is 11.8. The fraction of sp³-hybridized carbons (Fsp3) is 0.857. The monoisotopic (exact) mass is 284 g/mol. The first-order chi connectivity index (χ1) is 8.92. The van der Waals surface area contributed by atoms with Crippen LogP contribution in [0.3, 0.4) is 0 Å². The predicted octanol–water partition coefficient (Wildman–Crippen LogP) is 4.17. The Labute approximate surface area is 122 Å². The summed E-state index contributed by atoms with van der Waals surface area (Å²) in [6.07, 6.45) is 2.25. The van der Waals surface area contributed by atoms with Crippen LogP contribution in [-0.4, -0.2) is 27.4 Å². The van der Waals surface area contributed by atoms with Crippen LogP contribution in [0.1, 0.15) is 60.4 Å². The van der Waals surface area contributed by atoms with E-state index in [-0.39, 0.29) is 0 Å². The maximum absolute atomic E-state index is 5.36. The summed E-state index contributed by atoms with van der Waals surface area (Å²) in [6.45, 7) is 14.3. The number of nitrogens with one attached hydrogen (secondary N) is 1. The summed E-state index contributed by atoms with van der Waals surface area (Å²) in [7, 11) is 0. The minimum absolute atomic E-state index is 0.324. The third-order valence-corrected chi connectivity index (χ3v) is 3.69. The van der Waals surface area contributed by atoms with Gasteiger partial charge in [-0.15, -0.1) is 5.10 Å². The second kappa shape index (κ2) is 7.08. The number of anilines is 1. The molecule has 0 unspecified atom stereocenters. The van der Waals surface area contributed by atoms with E-state index in [1.807, 2.05) is 0 Å². The van der Waals surface area contributed by atoms with Gasteiger partial charge in [0.05, 0.1) is 0 Å². The van der Waals surface area contributed by atoms with E-state index >= 15 is 0 Å². The van der Waals surface area contributed by atoms with Crippen LogP contribution in [0.2, 0.25) is 0 Å². The van der Waals surface area contributed by atoms with Gasteiger partial charge < -0.3 is 4.90 Å². The van der Waals surface area contributed by atoms with Gasteiger partial charge in [0.2, 0.25) is 5.95 Å². The molecule has 1 aromatic rings. The molecule has 5 heteroatoms. The third kappa shape index (κ3) is 3.81. The minimum Gasteiger partial charge on any atom is -0.338 e. The first-order valence-electron chi connectivity index (χ1n) is 7.35. The Bertz CT molecular complexity index is 429. The van der Waals surface area contributed by atoms with E-state index < -0.39 is 0 Å². The summed E-state index contributed by atoms with van der Waals surface area (Å²) in [6, 6.07) is 0.843. The largest absolute Gasteiger partial charge is 0.338 e. The molecular formula is C14H28N4S. The van der Waals surface area contributed by atoms with E-state index in [0.29, 0.717) is 22.8 Å². The van der Waals surface area contributed by atoms with E-state index in [1.54, 1.807) is 0 Å². The van der Waals surface area contributed by atoms with Gasteiger partial charge in [-0.2, -0.15) is 0 Å². The van der Waals surface area contributed by atoms with Crippen molar-refractivity contribution >= 4 is 18.2 Å². The van der Waals surface area contributed by atoms with Gasteiger partial charge in [-0.05, 0) is 44.8 Å². The zero-order valence-electron chi connectivity index (χ0n) is 13.1. The van der Waals surface area contributed by atoms with Crippen LogP contribution >= 0.6 is 12.2 Å². The molecule has 0 bridgehead atoms. The molecule has 19 heavy (non-hydrogen) atoms. The fourth-order valence-corrected chi connectivity index (χ4v) is 2.82. The molecule has 0 fully saturated rings. The van der Waals surface area contributed by atoms with Crippen molar-refractivity contribution in [1.82, 2.24) is 14.8 Å². The average molecular weight is 284 g/mol. The highest BCUT2D eigenvalue weighted by molar-refractivity contribution is 7.71. The summed E-state index contributed by atoms with van der Waals surface area (Å²) >= 11 is 5.36. The van der Waals surface area contributed by atoms with Gasteiger partial charge >= 0.3 is 0 Å². The lowest BCUT2D eigenvalue weighted by Gasteiger charge is -2.33. The van der Waals surface area contributed by atoms with Crippen LogP contribution in [0.25, 0.3) is 0 Å². The lowest BCUT2D eigenvalue weighted by molar-refractivity contribution is 0.478. The molecule has 0 saturated heterocycles. The van der Waals surface area contributed by atoms with Crippen LogP contribution in [0.4, 0.5) is 5.95 Å². The van der Waals surface area contributed by atoms with Crippen LogP contribution in [0.15, 0.2) is 0 Å². The van der Waals surface area contributed by atoms with Crippen molar-refractivity contribution in [2.24, 2.45) is 5.92 Å². The van der Waals surface area contributed by atoms with Crippen LogP contribution in [0, 0.1) is 10.7 Å². The minimum atomic E-state index is 0.324. The summed E-state index contributed by atoms with van der Waals surface area (Å²) in [5, 5.41) is 7.43. The molecule has 4 nitrogen and oxygen atoms in total. The quantitative estimate of drug-likeness (QED) is 0.763. The number of aromatic amines is 1. The number of rotatable bonds is 7. The molecule has 1 heterocycles. The molecule has 0 spiro atoms. The molecule has 0 radical (unpaired) electrons. The van der Waals surface area contributed by atoms with Crippen molar-refractivity contribution in [3.05, 3.63) is 4.77 Å². The van der Waals surface area contributed by atoms with Gasteiger partial charge in [-0.3, -0.25) is 4.57 Å². The van der Waals surface area contributed by atoms with Gasteiger partial charge in [0.25, 0.3) is 0 Å². The zero-order valence-corrected chi connectivity index (χ0v) is 13.9. The average Bonchev–Trinajstić information content (AvgIpc) is 2.70. The molecular weight excluding hydrogens is 256 g/mol. The fourth-order valence-electron chi connectivity index (χ4n) is 2.48. The van der Waals surface area contributed by atoms with Crippen molar-refractivity contribution in [1.29, 1.82) is 0 Å². The molecule has 0 saturated carbocycles. The van der Waals surface area contributed by atoms with Gasteiger partial charge in [0.15, 0.2) is 4.77 Å². The Kier molecular flexibility index (Phi) is 6.04. The van der Waals surface area contributed by atoms with Gasteiger partial charge in [0.1, 0.15) is 0 Å². The first kappa shape index (κ1) is 16.2.